The summed E-state index contributed by atoms with van der Waals surface area (Å²) in [6.07, 6.45) is -6.09. The monoisotopic (exact) mass is 494 g/mol. The highest BCUT2D eigenvalue weighted by atomic mass is 35.5. The second-order valence-corrected chi connectivity index (χ2v) is 9.38. The largest absolute Gasteiger partial charge is 0.486 e. The van der Waals surface area contributed by atoms with Gasteiger partial charge in [0.1, 0.15) is 34.2 Å². The smallest absolute Gasteiger partial charge is 0.416 e. The minimum Gasteiger partial charge on any atom is -0.486 e. The van der Waals surface area contributed by atoms with Gasteiger partial charge < -0.3 is 14.9 Å². The first-order valence-corrected chi connectivity index (χ1v) is 10.7. The molecule has 1 saturated heterocycles. The Balaban J connectivity index is 1.90. The predicted molar refractivity (Wildman–Crippen MR) is 103 cm³/mol. The van der Waals surface area contributed by atoms with Crippen LogP contribution in [0.15, 0.2) is 41.3 Å². The van der Waals surface area contributed by atoms with E-state index >= 15 is 0 Å². The fourth-order valence-corrected chi connectivity index (χ4v) is 5.18. The number of halogens is 5. The van der Waals surface area contributed by atoms with Crippen molar-refractivity contribution in [2.45, 2.75) is 22.8 Å². The van der Waals surface area contributed by atoms with Crippen molar-refractivity contribution in [3.05, 3.63) is 58.4 Å². The van der Waals surface area contributed by atoms with Gasteiger partial charge in [-0.25, -0.2) is 12.8 Å². The number of hydrogen-bond donors (Lipinski definition) is 2. The quantitative estimate of drug-likeness (QED) is 0.618. The van der Waals surface area contributed by atoms with Crippen LogP contribution >= 0.6 is 11.6 Å². The summed E-state index contributed by atoms with van der Waals surface area (Å²) in [7, 11) is -4.49. The zero-order valence-corrected chi connectivity index (χ0v) is 17.5. The summed E-state index contributed by atoms with van der Waals surface area (Å²) in [5, 5.41) is 28.4. The molecule has 0 amide bonds. The zero-order chi connectivity index (χ0) is 23.9. The van der Waals surface area contributed by atoms with E-state index in [0.29, 0.717) is 22.5 Å². The van der Waals surface area contributed by atoms with Crippen molar-refractivity contribution in [2.75, 3.05) is 19.7 Å². The number of nitrogens with zero attached hydrogens (tertiary/aromatic N) is 2. The summed E-state index contributed by atoms with van der Waals surface area (Å²) in [6.45, 7) is -2.10. The first-order chi connectivity index (χ1) is 14.8. The average molecular weight is 495 g/mol. The average Bonchev–Trinajstić information content (AvgIpc) is 3.05. The highest BCUT2D eigenvalue weighted by Gasteiger charge is 2.51. The molecule has 1 fully saturated rings. The van der Waals surface area contributed by atoms with Crippen LogP contribution in [0.5, 0.6) is 5.75 Å². The minimum absolute atomic E-state index is 0.134. The van der Waals surface area contributed by atoms with Crippen molar-refractivity contribution in [3.8, 4) is 11.8 Å². The fourth-order valence-electron chi connectivity index (χ4n) is 3.16. The number of aliphatic hydroxyl groups is 2. The molecule has 1 heterocycles. The van der Waals surface area contributed by atoms with E-state index in [0.717, 1.165) is 12.1 Å². The van der Waals surface area contributed by atoms with Crippen LogP contribution in [0.1, 0.15) is 11.1 Å². The SMILES string of the molecule is N#Cc1ccc(OC2CN(S(=O)(=O)c3ccc(C(F)(F)F)cc3Cl)C[C@@]2(O)CO)cc1F. The lowest BCUT2D eigenvalue weighted by Gasteiger charge is -2.27. The molecule has 0 radical (unpaired) electrons. The normalized spacial score (nSPS) is 22.0. The molecule has 1 aliphatic heterocycles. The summed E-state index contributed by atoms with van der Waals surface area (Å²) in [6, 6.07) is 6.54. The summed E-state index contributed by atoms with van der Waals surface area (Å²) < 4.78 is 84.5. The van der Waals surface area contributed by atoms with Gasteiger partial charge in [0.2, 0.25) is 10.0 Å². The summed E-state index contributed by atoms with van der Waals surface area (Å²) in [5.74, 6) is -1.04. The van der Waals surface area contributed by atoms with E-state index in [1.54, 1.807) is 6.07 Å². The number of nitriles is 1. The third kappa shape index (κ3) is 4.53. The number of sulfonamides is 1. The molecule has 2 aromatic carbocycles. The van der Waals surface area contributed by atoms with Gasteiger partial charge in [-0.3, -0.25) is 0 Å². The van der Waals surface area contributed by atoms with Crippen LogP contribution < -0.4 is 4.74 Å². The Morgan fingerprint density at radius 3 is 2.50 bits per heavy atom. The summed E-state index contributed by atoms with van der Waals surface area (Å²) in [4.78, 5) is -0.627. The topological polar surface area (TPSA) is 111 Å². The number of hydrogen-bond acceptors (Lipinski definition) is 6. The van der Waals surface area contributed by atoms with Gasteiger partial charge in [0, 0.05) is 12.6 Å². The van der Waals surface area contributed by atoms with Crippen molar-refractivity contribution in [1.29, 1.82) is 5.26 Å². The molecule has 32 heavy (non-hydrogen) atoms. The van der Waals surface area contributed by atoms with Crippen molar-refractivity contribution in [1.82, 2.24) is 4.31 Å². The van der Waals surface area contributed by atoms with Gasteiger partial charge in [0.05, 0.1) is 29.3 Å². The van der Waals surface area contributed by atoms with E-state index in [2.05, 4.69) is 0 Å². The van der Waals surface area contributed by atoms with E-state index in [1.165, 1.54) is 6.07 Å². The van der Waals surface area contributed by atoms with Crippen LogP contribution in [0.3, 0.4) is 0 Å². The van der Waals surface area contributed by atoms with Crippen LogP contribution in [0.2, 0.25) is 5.02 Å². The molecule has 7 nitrogen and oxygen atoms in total. The number of aliphatic hydroxyl groups excluding tert-OH is 1. The molecule has 0 aromatic heterocycles. The lowest BCUT2D eigenvalue weighted by molar-refractivity contribution is -0.137. The summed E-state index contributed by atoms with van der Waals surface area (Å²) in [5.41, 5.74) is -3.50. The molecule has 2 N–H and O–H groups in total. The number of ether oxygens (including phenoxy) is 1. The van der Waals surface area contributed by atoms with Gasteiger partial charge >= 0.3 is 6.18 Å². The van der Waals surface area contributed by atoms with E-state index in [9.17, 15) is 36.2 Å². The third-order valence-electron chi connectivity index (χ3n) is 4.91. The molecule has 1 aliphatic rings. The van der Waals surface area contributed by atoms with E-state index in [4.69, 9.17) is 21.6 Å². The van der Waals surface area contributed by atoms with Crippen molar-refractivity contribution in [3.63, 3.8) is 0 Å². The second kappa shape index (κ2) is 8.49. The van der Waals surface area contributed by atoms with Gasteiger partial charge in [-0.15, -0.1) is 0 Å². The first-order valence-electron chi connectivity index (χ1n) is 8.88. The van der Waals surface area contributed by atoms with Crippen LogP contribution in [0.4, 0.5) is 17.6 Å². The van der Waals surface area contributed by atoms with Crippen LogP contribution in [0.25, 0.3) is 0 Å². The van der Waals surface area contributed by atoms with Crippen molar-refractivity contribution < 1.29 is 40.9 Å². The molecule has 0 bridgehead atoms. The number of benzene rings is 2. The van der Waals surface area contributed by atoms with Gasteiger partial charge in [-0.2, -0.15) is 22.7 Å². The second-order valence-electron chi connectivity index (χ2n) is 7.06. The maximum absolute atomic E-state index is 13.8. The maximum Gasteiger partial charge on any atom is 0.416 e. The van der Waals surface area contributed by atoms with E-state index in [1.807, 2.05) is 0 Å². The standard InChI is InChI=1S/C19H15ClF4N2O5S/c20-14-5-12(19(22,23)24)2-4-16(14)32(29,30)26-8-17(18(28,9-26)10-27)31-13-3-1-11(7-25)15(21)6-13/h1-6,17,27-28H,8-10H2/t17?,18-/m1/s1. The fraction of sp³-hybridized carbons (Fsp3) is 0.316. The molecule has 3 rings (SSSR count). The summed E-state index contributed by atoms with van der Waals surface area (Å²) >= 11 is 5.80. The Morgan fingerprint density at radius 2 is 1.97 bits per heavy atom. The van der Waals surface area contributed by atoms with Gasteiger partial charge in [-0.05, 0) is 30.3 Å². The molecule has 0 saturated carbocycles. The Labute approximate surface area is 185 Å². The number of β-amino-alcohol motifs (C(OH)–C–C–N with tert-alkyl or cyclic N) is 1. The molecule has 0 aliphatic carbocycles. The highest BCUT2D eigenvalue weighted by molar-refractivity contribution is 7.89. The Bertz CT molecular complexity index is 1190. The minimum atomic E-state index is -4.73. The Kier molecular flexibility index (Phi) is 6.43. The molecular weight excluding hydrogens is 480 g/mol. The van der Waals surface area contributed by atoms with Gasteiger partial charge in [0.15, 0.2) is 0 Å². The Morgan fingerprint density at radius 1 is 1.28 bits per heavy atom. The van der Waals surface area contributed by atoms with E-state index in [-0.39, 0.29) is 11.3 Å². The predicted octanol–water partition coefficient (Wildman–Crippen LogP) is 2.54. The molecule has 172 valence electrons. The molecular formula is C19H15ClF4N2O5S. The van der Waals surface area contributed by atoms with Crippen LogP contribution in [0, 0.1) is 17.1 Å². The number of rotatable bonds is 5. The Hall–Kier alpha value is -2.43. The molecule has 13 heteroatoms. The third-order valence-corrected chi connectivity index (χ3v) is 7.20. The lowest BCUT2D eigenvalue weighted by Crippen LogP contribution is -2.48. The van der Waals surface area contributed by atoms with E-state index < -0.39 is 68.9 Å². The molecule has 2 aromatic rings. The van der Waals surface area contributed by atoms with Crippen molar-refractivity contribution in [2.24, 2.45) is 0 Å². The highest BCUT2D eigenvalue weighted by Crippen LogP contribution is 2.36. The number of alkyl halides is 3. The van der Waals surface area contributed by atoms with Crippen LogP contribution in [-0.2, 0) is 16.2 Å². The first kappa shape index (κ1) is 24.2. The lowest BCUT2D eigenvalue weighted by atomic mass is 10.0. The van der Waals surface area contributed by atoms with Crippen LogP contribution in [-0.4, -0.2) is 54.3 Å². The maximum atomic E-state index is 13.8. The van der Waals surface area contributed by atoms with Gasteiger partial charge in [0.25, 0.3) is 0 Å². The van der Waals surface area contributed by atoms with Crippen molar-refractivity contribution >= 4 is 21.6 Å². The zero-order valence-electron chi connectivity index (χ0n) is 16.0. The molecule has 2 atom stereocenters. The molecule has 0 spiro atoms. The van der Waals surface area contributed by atoms with Gasteiger partial charge in [-0.1, -0.05) is 11.6 Å². The molecule has 1 unspecified atom stereocenters.